The molecule has 0 saturated heterocycles. The number of thiophene rings is 1. The highest BCUT2D eigenvalue weighted by Crippen LogP contribution is 2.38. The molecule has 4 N–H and O–H groups in total. The zero-order chi connectivity index (χ0) is 24.0. The number of aryl methyl sites for hydroxylation is 1. The minimum absolute atomic E-state index is 0.00544. The fourth-order valence-corrected chi connectivity index (χ4v) is 7.40. The van der Waals surface area contributed by atoms with E-state index in [9.17, 15) is 12.6 Å². The number of nitrogens with one attached hydrogen (secondary N) is 3. The predicted molar refractivity (Wildman–Crippen MR) is 141 cm³/mol. The zero-order valence-corrected chi connectivity index (χ0v) is 21.6. The van der Waals surface area contributed by atoms with Crippen LogP contribution in [0, 0.1) is 0 Å². The van der Waals surface area contributed by atoms with Gasteiger partial charge in [0, 0.05) is 16.6 Å². The van der Waals surface area contributed by atoms with E-state index in [4.69, 9.17) is 4.55 Å². The summed E-state index contributed by atoms with van der Waals surface area (Å²) in [6, 6.07) is 13.0. The second kappa shape index (κ2) is 11.8. The van der Waals surface area contributed by atoms with Crippen molar-refractivity contribution in [1.29, 1.82) is 0 Å². The van der Waals surface area contributed by atoms with Crippen LogP contribution in [0.15, 0.2) is 82.8 Å². The third-order valence-electron chi connectivity index (χ3n) is 5.50. The molecule has 4 atom stereocenters. The Balaban J connectivity index is 1.45. The Kier molecular flexibility index (Phi) is 8.81. The third-order valence-corrected chi connectivity index (χ3v) is 9.51. The minimum Gasteiger partial charge on any atom is -0.370 e. The van der Waals surface area contributed by atoms with Gasteiger partial charge in [0.05, 0.1) is 11.8 Å². The molecule has 0 bridgehead atoms. The van der Waals surface area contributed by atoms with Crippen molar-refractivity contribution >= 4 is 44.4 Å². The Labute approximate surface area is 211 Å². The number of rotatable bonds is 11. The lowest BCUT2D eigenvalue weighted by atomic mass is 9.97. The van der Waals surface area contributed by atoms with Crippen molar-refractivity contribution in [2.45, 2.75) is 36.7 Å². The molecule has 34 heavy (non-hydrogen) atoms. The summed E-state index contributed by atoms with van der Waals surface area (Å²) in [5.74, 6) is 0.00544. The standard InChI is InChI=1S/C23H27N3O4S4/c27-33(28)25-19-10-8-18(9-11-19)15-20(21-16-32-23(24-21)22-7-4-13-31-22)26-34(29,30)14-12-17-5-2-1-3-6-17/h1-10,13,16,19-20,23-26H,11-12,14-15H2,(H,27,28)/t19?,20-,23?/m0/s1. The van der Waals surface area contributed by atoms with Gasteiger partial charge in [-0.25, -0.2) is 22.1 Å². The Hall–Kier alpha value is -1.73. The van der Waals surface area contributed by atoms with E-state index in [1.165, 1.54) is 4.88 Å². The predicted octanol–water partition coefficient (Wildman–Crippen LogP) is 3.83. The van der Waals surface area contributed by atoms with Crippen LogP contribution in [0.1, 0.15) is 28.7 Å². The van der Waals surface area contributed by atoms with E-state index in [0.717, 1.165) is 16.8 Å². The molecule has 1 aliphatic carbocycles. The fraction of sp³-hybridized carbons (Fsp3) is 0.304. The quantitative estimate of drug-likeness (QED) is 0.325. The minimum atomic E-state index is -3.54. The molecule has 0 spiro atoms. The average molecular weight is 538 g/mol. The summed E-state index contributed by atoms with van der Waals surface area (Å²) < 4.78 is 51.5. The number of hydrogen-bond donors (Lipinski definition) is 4. The van der Waals surface area contributed by atoms with Crippen LogP contribution >= 0.6 is 23.1 Å². The molecule has 2 aromatic rings. The summed E-state index contributed by atoms with van der Waals surface area (Å²) >= 11 is 1.22. The maximum atomic E-state index is 13.0. The molecule has 11 heteroatoms. The molecule has 1 aromatic carbocycles. The highest BCUT2D eigenvalue weighted by atomic mass is 32.2. The molecule has 2 heterocycles. The second-order valence-corrected chi connectivity index (χ2v) is 12.6. The van der Waals surface area contributed by atoms with Crippen LogP contribution in [-0.4, -0.2) is 35.0 Å². The van der Waals surface area contributed by atoms with Crippen molar-refractivity contribution in [3.63, 3.8) is 0 Å². The molecule has 0 fully saturated rings. The lowest BCUT2D eigenvalue weighted by molar-refractivity contribution is 0.537. The van der Waals surface area contributed by atoms with Gasteiger partial charge < -0.3 is 5.32 Å². The molecular weight excluding hydrogens is 511 g/mol. The molecule has 3 unspecified atom stereocenters. The van der Waals surface area contributed by atoms with E-state index >= 15 is 0 Å². The largest absolute Gasteiger partial charge is 0.370 e. The first-order valence-electron chi connectivity index (χ1n) is 10.8. The van der Waals surface area contributed by atoms with Gasteiger partial charge in [0.25, 0.3) is 0 Å². The number of allylic oxidation sites excluding steroid dienone is 1. The van der Waals surface area contributed by atoms with Crippen LogP contribution in [0.5, 0.6) is 0 Å². The third kappa shape index (κ3) is 7.38. The molecule has 4 rings (SSSR count). The zero-order valence-electron chi connectivity index (χ0n) is 18.3. The van der Waals surface area contributed by atoms with Crippen molar-refractivity contribution < 1.29 is 17.2 Å². The molecule has 0 amide bonds. The van der Waals surface area contributed by atoms with Crippen molar-refractivity contribution in [3.05, 3.63) is 93.2 Å². The van der Waals surface area contributed by atoms with Crippen LogP contribution in [-0.2, 0) is 27.7 Å². The Morgan fingerprint density at radius 2 is 2.03 bits per heavy atom. The van der Waals surface area contributed by atoms with Gasteiger partial charge in [-0.2, -0.15) is 0 Å². The second-order valence-electron chi connectivity index (χ2n) is 8.03. The SMILES string of the molecule is O=S(O)NC1C=CC(C[C@H](NS(=O)(=O)CCc2ccccc2)C2=CSC(c3cccs3)N2)=CC1. The van der Waals surface area contributed by atoms with Crippen LogP contribution in [0.2, 0.25) is 0 Å². The summed E-state index contributed by atoms with van der Waals surface area (Å²) in [5.41, 5.74) is 2.80. The highest BCUT2D eigenvalue weighted by molar-refractivity contribution is 8.02. The number of sulfonamides is 1. The van der Waals surface area contributed by atoms with Gasteiger partial charge in [-0.15, -0.1) is 23.1 Å². The number of hydrogen-bond acceptors (Lipinski definition) is 6. The van der Waals surface area contributed by atoms with Crippen LogP contribution in [0.3, 0.4) is 0 Å². The molecule has 0 saturated carbocycles. The van der Waals surface area contributed by atoms with Gasteiger partial charge in [0.2, 0.25) is 21.3 Å². The summed E-state index contributed by atoms with van der Waals surface area (Å²) in [6.07, 6.45) is 7.19. The molecule has 182 valence electrons. The van der Waals surface area contributed by atoms with Crippen molar-refractivity contribution in [3.8, 4) is 0 Å². The Morgan fingerprint density at radius 1 is 1.21 bits per heavy atom. The van der Waals surface area contributed by atoms with E-state index in [1.54, 1.807) is 23.1 Å². The molecule has 7 nitrogen and oxygen atoms in total. The summed E-state index contributed by atoms with van der Waals surface area (Å²) in [4.78, 5) is 1.18. The van der Waals surface area contributed by atoms with Gasteiger partial charge in [-0.3, -0.25) is 4.55 Å². The Bertz CT molecular complexity index is 1180. The first-order valence-corrected chi connectivity index (χ1v) is 15.4. The summed E-state index contributed by atoms with van der Waals surface area (Å²) in [6.45, 7) is 0. The van der Waals surface area contributed by atoms with Gasteiger partial charge in [-0.05, 0) is 41.7 Å². The van der Waals surface area contributed by atoms with Crippen molar-refractivity contribution in [2.75, 3.05) is 5.75 Å². The fourth-order valence-electron chi connectivity index (χ4n) is 3.78. The van der Waals surface area contributed by atoms with E-state index in [1.807, 2.05) is 65.4 Å². The van der Waals surface area contributed by atoms with Crippen LogP contribution in [0.25, 0.3) is 0 Å². The van der Waals surface area contributed by atoms with Gasteiger partial charge >= 0.3 is 0 Å². The number of thioether (sulfide) groups is 1. The first kappa shape index (κ1) is 25.4. The van der Waals surface area contributed by atoms with Crippen molar-refractivity contribution in [1.82, 2.24) is 14.8 Å². The van der Waals surface area contributed by atoms with E-state index in [2.05, 4.69) is 20.8 Å². The van der Waals surface area contributed by atoms with E-state index in [0.29, 0.717) is 19.3 Å². The molecule has 0 radical (unpaired) electrons. The maximum Gasteiger partial charge on any atom is 0.232 e. The highest BCUT2D eigenvalue weighted by Gasteiger charge is 2.29. The average Bonchev–Trinajstić information content (AvgIpc) is 3.51. The lowest BCUT2D eigenvalue weighted by Gasteiger charge is -2.24. The van der Waals surface area contributed by atoms with Crippen molar-refractivity contribution in [2.24, 2.45) is 0 Å². The number of benzene rings is 1. The van der Waals surface area contributed by atoms with E-state index in [-0.39, 0.29) is 17.2 Å². The molecular formula is C23H27N3O4S4. The maximum absolute atomic E-state index is 13.0. The molecule has 1 aromatic heterocycles. The summed E-state index contributed by atoms with van der Waals surface area (Å²) in [7, 11) is -3.54. The van der Waals surface area contributed by atoms with E-state index < -0.39 is 27.3 Å². The lowest BCUT2D eigenvalue weighted by Crippen LogP contribution is -2.41. The van der Waals surface area contributed by atoms with Crippen LogP contribution in [0.4, 0.5) is 0 Å². The first-order chi connectivity index (χ1) is 16.4. The van der Waals surface area contributed by atoms with Gasteiger partial charge in [0.15, 0.2) is 0 Å². The normalized spacial score (nSPS) is 22.0. The molecule has 2 aliphatic rings. The summed E-state index contributed by atoms with van der Waals surface area (Å²) in [5, 5.41) is 7.58. The van der Waals surface area contributed by atoms with Crippen LogP contribution < -0.4 is 14.8 Å². The smallest absolute Gasteiger partial charge is 0.232 e. The monoisotopic (exact) mass is 537 g/mol. The topological polar surface area (TPSA) is 108 Å². The molecule has 1 aliphatic heterocycles. The van der Waals surface area contributed by atoms with Gasteiger partial charge in [-0.1, -0.05) is 60.2 Å². The van der Waals surface area contributed by atoms with Gasteiger partial charge in [0.1, 0.15) is 5.37 Å². The Morgan fingerprint density at radius 3 is 2.71 bits per heavy atom.